The summed E-state index contributed by atoms with van der Waals surface area (Å²) in [6.45, 7) is -0.0542. The predicted molar refractivity (Wildman–Crippen MR) is 113 cm³/mol. The first-order valence-corrected chi connectivity index (χ1v) is 10.3. The largest absolute Gasteiger partial charge is 0.459 e. The molecular formula is C22H17ClN2O3S. The topological polar surface area (TPSA) is 60.7 Å². The van der Waals surface area contributed by atoms with E-state index in [1.165, 1.54) is 21.8 Å². The van der Waals surface area contributed by atoms with E-state index in [2.05, 4.69) is 4.98 Å². The van der Waals surface area contributed by atoms with Crippen LogP contribution in [0, 0.1) is 0 Å². The van der Waals surface area contributed by atoms with Gasteiger partial charge in [-0.3, -0.25) is 14.0 Å². The van der Waals surface area contributed by atoms with Crippen LogP contribution in [0.2, 0.25) is 5.02 Å². The maximum atomic E-state index is 12.9. The van der Waals surface area contributed by atoms with Crippen LogP contribution in [0.25, 0.3) is 4.96 Å². The zero-order chi connectivity index (χ0) is 20.2. The van der Waals surface area contributed by atoms with Crippen LogP contribution in [0.5, 0.6) is 0 Å². The van der Waals surface area contributed by atoms with Gasteiger partial charge in [-0.2, -0.15) is 0 Å². The Morgan fingerprint density at radius 2 is 1.90 bits per heavy atom. The number of carbonyl (C=O) groups is 1. The number of esters is 1. The van der Waals surface area contributed by atoms with Gasteiger partial charge in [0.1, 0.15) is 6.61 Å². The van der Waals surface area contributed by atoms with Crippen LogP contribution in [0.15, 0.2) is 77.0 Å². The molecule has 0 saturated carbocycles. The molecule has 5 nitrogen and oxygen atoms in total. The second-order valence-electron chi connectivity index (χ2n) is 6.54. The molecule has 0 amide bonds. The van der Waals surface area contributed by atoms with E-state index in [4.69, 9.17) is 16.3 Å². The quantitative estimate of drug-likeness (QED) is 0.428. The van der Waals surface area contributed by atoms with Crippen LogP contribution in [-0.4, -0.2) is 15.4 Å². The lowest BCUT2D eigenvalue weighted by molar-refractivity contribution is -0.147. The van der Waals surface area contributed by atoms with Gasteiger partial charge in [0.15, 0.2) is 4.96 Å². The van der Waals surface area contributed by atoms with Gasteiger partial charge in [-0.25, -0.2) is 4.98 Å². The first-order chi connectivity index (χ1) is 14.1. The number of ether oxygens (including phenoxy) is 1. The number of hydrogen-bond donors (Lipinski definition) is 0. The third-order valence-electron chi connectivity index (χ3n) is 4.56. The molecule has 4 aromatic rings. The van der Waals surface area contributed by atoms with Crippen molar-refractivity contribution in [2.75, 3.05) is 0 Å². The lowest BCUT2D eigenvalue weighted by Crippen LogP contribution is -2.20. The van der Waals surface area contributed by atoms with Gasteiger partial charge in [0.2, 0.25) is 0 Å². The number of nitrogens with zero attached hydrogens (tertiary/aromatic N) is 2. The molecule has 2 heterocycles. The number of carbonyl (C=O) groups excluding carboxylic acids is 1. The number of benzene rings is 2. The SMILES string of the molecule is O=C(OCc1cc(=O)n2ccsc2n1)C(Cc1ccccc1)c1ccc(Cl)cc1. The summed E-state index contributed by atoms with van der Waals surface area (Å²) in [5, 5.41) is 2.39. The van der Waals surface area contributed by atoms with E-state index in [0.29, 0.717) is 22.1 Å². The zero-order valence-electron chi connectivity index (χ0n) is 15.3. The molecule has 7 heteroatoms. The Balaban J connectivity index is 1.55. The zero-order valence-corrected chi connectivity index (χ0v) is 16.9. The maximum absolute atomic E-state index is 12.9. The van der Waals surface area contributed by atoms with Crippen LogP contribution in [0.3, 0.4) is 0 Å². The second kappa shape index (κ2) is 8.59. The summed E-state index contributed by atoms with van der Waals surface area (Å²) in [5.41, 5.74) is 2.09. The summed E-state index contributed by atoms with van der Waals surface area (Å²) in [6, 6.07) is 18.3. The van der Waals surface area contributed by atoms with Gasteiger partial charge in [0, 0.05) is 22.7 Å². The van der Waals surface area contributed by atoms with Crippen molar-refractivity contribution in [1.29, 1.82) is 0 Å². The Bertz CT molecular complexity index is 1190. The molecule has 0 radical (unpaired) electrons. The summed E-state index contributed by atoms with van der Waals surface area (Å²) in [5.74, 6) is -0.856. The Kier molecular flexibility index (Phi) is 5.74. The first kappa shape index (κ1) is 19.4. The second-order valence-corrected chi connectivity index (χ2v) is 7.85. The fraction of sp³-hybridized carbons (Fsp3) is 0.136. The number of hydrogen-bond acceptors (Lipinski definition) is 5. The van der Waals surface area contributed by atoms with Gasteiger partial charge < -0.3 is 4.74 Å². The molecule has 0 aliphatic rings. The monoisotopic (exact) mass is 424 g/mol. The molecule has 0 bridgehead atoms. The molecule has 29 heavy (non-hydrogen) atoms. The molecule has 0 saturated heterocycles. The van der Waals surface area contributed by atoms with Crippen molar-refractivity contribution in [3.63, 3.8) is 0 Å². The van der Waals surface area contributed by atoms with Crippen molar-refractivity contribution in [1.82, 2.24) is 9.38 Å². The van der Waals surface area contributed by atoms with Crippen molar-refractivity contribution >= 4 is 33.9 Å². The molecular weight excluding hydrogens is 408 g/mol. The fourth-order valence-corrected chi connectivity index (χ4v) is 3.95. The van der Waals surface area contributed by atoms with Crippen molar-refractivity contribution in [3.05, 3.63) is 104 Å². The Morgan fingerprint density at radius 1 is 1.14 bits per heavy atom. The van der Waals surface area contributed by atoms with Crippen LogP contribution < -0.4 is 5.56 Å². The summed E-state index contributed by atoms with van der Waals surface area (Å²) in [6.07, 6.45) is 2.17. The van der Waals surface area contributed by atoms with Crippen LogP contribution in [-0.2, 0) is 22.6 Å². The standard InChI is InChI=1S/C22H17ClN2O3S/c23-17-8-6-16(7-9-17)19(12-15-4-2-1-3-5-15)21(27)28-14-18-13-20(26)25-10-11-29-22(25)24-18/h1-11,13,19H,12,14H2. The van der Waals surface area contributed by atoms with Gasteiger partial charge in [-0.05, 0) is 29.7 Å². The number of aromatic nitrogens is 2. The highest BCUT2D eigenvalue weighted by atomic mass is 35.5. The van der Waals surface area contributed by atoms with E-state index in [1.54, 1.807) is 23.7 Å². The van der Waals surface area contributed by atoms with Crippen molar-refractivity contribution < 1.29 is 9.53 Å². The fourth-order valence-electron chi connectivity index (χ4n) is 3.09. The normalized spacial score (nSPS) is 12.0. The van der Waals surface area contributed by atoms with E-state index >= 15 is 0 Å². The minimum atomic E-state index is -0.485. The lowest BCUT2D eigenvalue weighted by atomic mass is 9.92. The first-order valence-electron chi connectivity index (χ1n) is 9.02. The minimum Gasteiger partial charge on any atom is -0.459 e. The minimum absolute atomic E-state index is 0.0542. The lowest BCUT2D eigenvalue weighted by Gasteiger charge is -2.17. The van der Waals surface area contributed by atoms with Crippen molar-refractivity contribution in [3.8, 4) is 0 Å². The average molecular weight is 425 g/mol. The summed E-state index contributed by atoms with van der Waals surface area (Å²) < 4.78 is 7.01. The van der Waals surface area contributed by atoms with Crippen LogP contribution >= 0.6 is 22.9 Å². The molecule has 0 fully saturated rings. The van der Waals surface area contributed by atoms with E-state index in [-0.39, 0.29) is 18.1 Å². The molecule has 4 rings (SSSR count). The van der Waals surface area contributed by atoms with E-state index < -0.39 is 5.92 Å². The Hall–Kier alpha value is -2.96. The van der Waals surface area contributed by atoms with Gasteiger partial charge in [-0.15, -0.1) is 11.3 Å². The maximum Gasteiger partial charge on any atom is 0.314 e. The highest BCUT2D eigenvalue weighted by Gasteiger charge is 2.23. The highest BCUT2D eigenvalue weighted by molar-refractivity contribution is 7.15. The molecule has 2 aromatic heterocycles. The van der Waals surface area contributed by atoms with Crippen LogP contribution in [0.4, 0.5) is 0 Å². The molecule has 146 valence electrons. The molecule has 0 aliphatic heterocycles. The summed E-state index contributed by atoms with van der Waals surface area (Å²) >= 11 is 7.35. The predicted octanol–water partition coefficient (Wildman–Crippen LogP) is 4.48. The Morgan fingerprint density at radius 3 is 2.66 bits per heavy atom. The molecule has 0 aliphatic carbocycles. The van der Waals surface area contributed by atoms with Gasteiger partial charge >= 0.3 is 5.97 Å². The molecule has 0 N–H and O–H groups in total. The molecule has 1 atom stereocenters. The van der Waals surface area contributed by atoms with Crippen LogP contribution in [0.1, 0.15) is 22.7 Å². The highest BCUT2D eigenvalue weighted by Crippen LogP contribution is 2.24. The summed E-state index contributed by atoms with van der Waals surface area (Å²) in [7, 11) is 0. The molecule has 2 aromatic carbocycles. The van der Waals surface area contributed by atoms with E-state index in [0.717, 1.165) is 11.1 Å². The third kappa shape index (κ3) is 4.55. The van der Waals surface area contributed by atoms with Gasteiger partial charge in [0.25, 0.3) is 5.56 Å². The smallest absolute Gasteiger partial charge is 0.314 e. The number of fused-ring (bicyclic) bond motifs is 1. The van der Waals surface area contributed by atoms with E-state index in [1.807, 2.05) is 42.5 Å². The number of thiazole rings is 1. The molecule has 0 spiro atoms. The van der Waals surface area contributed by atoms with Crippen molar-refractivity contribution in [2.45, 2.75) is 18.9 Å². The third-order valence-corrected chi connectivity index (χ3v) is 5.57. The van der Waals surface area contributed by atoms with Crippen molar-refractivity contribution in [2.24, 2.45) is 0 Å². The number of rotatable bonds is 6. The molecule has 1 unspecified atom stereocenters. The van der Waals surface area contributed by atoms with Gasteiger partial charge in [0.05, 0.1) is 11.6 Å². The van der Waals surface area contributed by atoms with Gasteiger partial charge in [-0.1, -0.05) is 54.1 Å². The van der Waals surface area contributed by atoms with E-state index in [9.17, 15) is 9.59 Å². The summed E-state index contributed by atoms with van der Waals surface area (Å²) in [4.78, 5) is 30.0. The number of halogens is 1. The average Bonchev–Trinajstić information content (AvgIpc) is 3.21. The Labute approximate surface area is 176 Å².